The number of carbonyl (C=O) groups is 3. The molecule has 0 bridgehead atoms. The van der Waals surface area contributed by atoms with Crippen molar-refractivity contribution < 1.29 is 29.7 Å². The molecule has 23 heavy (non-hydrogen) atoms. The molecule has 8 heteroatoms. The minimum Gasteiger partial charge on any atom is -0.504 e. The maximum atomic E-state index is 12.1. The number of carbonyl (C=O) groups excluding carboxylic acids is 2. The topological polar surface area (TPSA) is 115 Å². The molecule has 3 N–H and O–H groups in total. The first-order chi connectivity index (χ1) is 10.8. The van der Waals surface area contributed by atoms with Gasteiger partial charge in [-0.15, -0.1) is 0 Å². The van der Waals surface area contributed by atoms with Crippen molar-refractivity contribution in [2.24, 2.45) is 0 Å². The van der Waals surface area contributed by atoms with Crippen molar-refractivity contribution in [1.29, 1.82) is 0 Å². The molecule has 0 aromatic heterocycles. The number of nitrogens with zero attached hydrogens (tertiary/aromatic N) is 1. The predicted molar refractivity (Wildman–Crippen MR) is 83.3 cm³/mol. The molecule has 124 valence electrons. The van der Waals surface area contributed by atoms with E-state index >= 15 is 0 Å². The third-order valence-corrected chi connectivity index (χ3v) is 4.57. The van der Waals surface area contributed by atoms with Crippen LogP contribution in [0.4, 0.5) is 0 Å². The smallest absolute Gasteiger partial charge is 0.326 e. The van der Waals surface area contributed by atoms with Gasteiger partial charge >= 0.3 is 5.97 Å². The number of hydrogen-bond donors (Lipinski definition) is 3. The zero-order valence-corrected chi connectivity index (χ0v) is 13.2. The standard InChI is InChI=1S/C15H17NO6S/c1-8(17)23-10-6-14(20)16(7-10)11(15(21)22)4-9-2-3-12(18)13(19)5-9/h2-3,5,10-11,18-19H,4,6-7H2,1H3,(H,21,22)/t10?,11-/m0/s1. The molecule has 1 aliphatic rings. The Kier molecular flexibility index (Phi) is 5.15. The van der Waals surface area contributed by atoms with Crippen LogP contribution in [-0.4, -0.2) is 55.0 Å². The minimum atomic E-state index is -1.15. The van der Waals surface area contributed by atoms with Crippen molar-refractivity contribution in [3.8, 4) is 11.5 Å². The number of carboxylic acid groups (broad SMARTS) is 1. The van der Waals surface area contributed by atoms with Crippen LogP contribution in [0.5, 0.6) is 11.5 Å². The van der Waals surface area contributed by atoms with Crippen LogP contribution in [0.3, 0.4) is 0 Å². The average molecular weight is 339 g/mol. The monoisotopic (exact) mass is 339 g/mol. The van der Waals surface area contributed by atoms with Crippen LogP contribution in [0, 0.1) is 0 Å². The number of rotatable bonds is 5. The predicted octanol–water partition coefficient (Wildman–Crippen LogP) is 0.974. The SMILES string of the molecule is CC(=O)SC1CC(=O)N([C@@H](Cc2ccc(O)c(O)c2)C(=O)O)C1. The summed E-state index contributed by atoms with van der Waals surface area (Å²) in [7, 11) is 0. The van der Waals surface area contributed by atoms with Crippen LogP contribution in [0.15, 0.2) is 18.2 Å². The van der Waals surface area contributed by atoms with E-state index in [1.165, 1.54) is 30.0 Å². The van der Waals surface area contributed by atoms with E-state index in [0.29, 0.717) is 5.56 Å². The second-order valence-electron chi connectivity index (χ2n) is 5.36. The van der Waals surface area contributed by atoms with Gasteiger partial charge in [-0.05, 0) is 17.7 Å². The van der Waals surface area contributed by atoms with E-state index in [2.05, 4.69) is 0 Å². The first kappa shape index (κ1) is 17.1. The molecule has 2 atom stereocenters. The van der Waals surface area contributed by atoms with Crippen molar-refractivity contribution >= 4 is 28.8 Å². The Morgan fingerprint density at radius 2 is 2.04 bits per heavy atom. The quantitative estimate of drug-likeness (QED) is 0.685. The van der Waals surface area contributed by atoms with Crippen molar-refractivity contribution in [2.45, 2.75) is 31.1 Å². The summed E-state index contributed by atoms with van der Waals surface area (Å²) in [5.41, 5.74) is 0.489. The van der Waals surface area contributed by atoms with Crippen molar-refractivity contribution in [3.63, 3.8) is 0 Å². The van der Waals surface area contributed by atoms with Crippen LogP contribution in [0.1, 0.15) is 18.9 Å². The molecule has 0 saturated carbocycles. The van der Waals surface area contributed by atoms with Crippen LogP contribution in [0.25, 0.3) is 0 Å². The van der Waals surface area contributed by atoms with Gasteiger partial charge in [-0.25, -0.2) is 4.79 Å². The zero-order valence-electron chi connectivity index (χ0n) is 12.4. The summed E-state index contributed by atoms with van der Waals surface area (Å²) in [4.78, 5) is 36.0. The largest absolute Gasteiger partial charge is 0.504 e. The number of carboxylic acids is 1. The highest BCUT2D eigenvalue weighted by Crippen LogP contribution is 2.29. The Hall–Kier alpha value is -2.22. The molecule has 0 aliphatic carbocycles. The van der Waals surface area contributed by atoms with E-state index in [4.69, 9.17) is 0 Å². The van der Waals surface area contributed by atoms with Crippen molar-refractivity contribution in [3.05, 3.63) is 23.8 Å². The highest BCUT2D eigenvalue weighted by atomic mass is 32.2. The molecule has 1 aliphatic heterocycles. The maximum absolute atomic E-state index is 12.1. The summed E-state index contributed by atoms with van der Waals surface area (Å²) in [5, 5.41) is 27.9. The van der Waals surface area contributed by atoms with Gasteiger partial charge in [0.2, 0.25) is 5.91 Å². The molecule has 1 unspecified atom stereocenters. The Bertz CT molecular complexity index is 647. The van der Waals surface area contributed by atoms with Gasteiger partial charge in [0.1, 0.15) is 6.04 Å². The summed E-state index contributed by atoms with van der Waals surface area (Å²) < 4.78 is 0. The lowest BCUT2D eigenvalue weighted by molar-refractivity contribution is -0.148. The van der Waals surface area contributed by atoms with E-state index in [0.717, 1.165) is 11.8 Å². The summed E-state index contributed by atoms with van der Waals surface area (Å²) in [6, 6.07) is 2.95. The van der Waals surface area contributed by atoms with Gasteiger partial charge in [-0.3, -0.25) is 9.59 Å². The highest BCUT2D eigenvalue weighted by molar-refractivity contribution is 8.14. The number of likely N-dealkylation sites (tertiary alicyclic amines) is 1. The van der Waals surface area contributed by atoms with E-state index in [-0.39, 0.29) is 47.2 Å². The van der Waals surface area contributed by atoms with E-state index in [9.17, 15) is 29.7 Å². The van der Waals surface area contributed by atoms with Crippen molar-refractivity contribution in [2.75, 3.05) is 6.54 Å². The van der Waals surface area contributed by atoms with E-state index in [1.807, 2.05) is 0 Å². The van der Waals surface area contributed by atoms with Gasteiger partial charge in [0, 0.05) is 31.6 Å². The first-order valence-electron chi connectivity index (χ1n) is 6.98. The third kappa shape index (κ3) is 4.16. The van der Waals surface area contributed by atoms with E-state index in [1.54, 1.807) is 0 Å². The second-order valence-corrected chi connectivity index (χ2v) is 6.84. The van der Waals surface area contributed by atoms with Gasteiger partial charge in [-0.1, -0.05) is 17.8 Å². The van der Waals surface area contributed by atoms with Crippen LogP contribution in [-0.2, 0) is 20.8 Å². The Labute approximate surface area is 136 Å². The third-order valence-electron chi connectivity index (χ3n) is 3.59. The minimum absolute atomic E-state index is 0.00632. The highest BCUT2D eigenvalue weighted by Gasteiger charge is 2.38. The zero-order chi connectivity index (χ0) is 17.1. The molecule has 1 saturated heterocycles. The van der Waals surface area contributed by atoms with Crippen LogP contribution in [0.2, 0.25) is 0 Å². The number of phenolic OH excluding ortho intramolecular Hbond substituents is 2. The number of phenols is 2. The van der Waals surface area contributed by atoms with E-state index < -0.39 is 12.0 Å². The second kappa shape index (κ2) is 6.91. The molecule has 1 aromatic carbocycles. The molecule has 2 rings (SSSR count). The lowest BCUT2D eigenvalue weighted by Crippen LogP contribution is -2.43. The Balaban J connectivity index is 2.15. The number of hydrogen-bond acceptors (Lipinski definition) is 6. The first-order valence-corrected chi connectivity index (χ1v) is 7.86. The van der Waals surface area contributed by atoms with Gasteiger partial charge in [-0.2, -0.15) is 0 Å². The summed E-state index contributed by atoms with van der Waals surface area (Å²) in [6.45, 7) is 1.61. The molecular formula is C15H17NO6S. The molecule has 1 fully saturated rings. The Morgan fingerprint density at radius 1 is 1.35 bits per heavy atom. The van der Waals surface area contributed by atoms with Crippen LogP contribution < -0.4 is 0 Å². The van der Waals surface area contributed by atoms with Gasteiger partial charge in [0.15, 0.2) is 16.6 Å². The number of benzene rings is 1. The van der Waals surface area contributed by atoms with Gasteiger partial charge < -0.3 is 20.2 Å². The van der Waals surface area contributed by atoms with Gasteiger partial charge in [0.05, 0.1) is 0 Å². The lowest BCUT2D eigenvalue weighted by atomic mass is 10.0. The number of amides is 1. The number of aliphatic carboxylic acids is 1. The average Bonchev–Trinajstić information content (AvgIpc) is 2.79. The summed E-state index contributed by atoms with van der Waals surface area (Å²) in [5.74, 6) is -2.10. The number of aromatic hydroxyl groups is 2. The molecular weight excluding hydrogens is 322 g/mol. The molecule has 7 nitrogen and oxygen atoms in total. The number of thioether (sulfide) groups is 1. The molecule has 0 spiro atoms. The molecule has 0 radical (unpaired) electrons. The van der Waals surface area contributed by atoms with Crippen molar-refractivity contribution in [1.82, 2.24) is 4.90 Å². The van der Waals surface area contributed by atoms with Crippen LogP contribution >= 0.6 is 11.8 Å². The molecule has 1 aromatic rings. The van der Waals surface area contributed by atoms with Gasteiger partial charge in [0.25, 0.3) is 0 Å². The maximum Gasteiger partial charge on any atom is 0.326 e. The molecule has 1 heterocycles. The fourth-order valence-electron chi connectivity index (χ4n) is 2.56. The Morgan fingerprint density at radius 3 is 2.61 bits per heavy atom. The summed E-state index contributed by atoms with van der Waals surface area (Å²) in [6.07, 6.45) is 0.140. The normalized spacial score (nSPS) is 18.9. The fourth-order valence-corrected chi connectivity index (χ4v) is 3.49. The fraction of sp³-hybridized carbons (Fsp3) is 0.400. The lowest BCUT2D eigenvalue weighted by Gasteiger charge is -2.24. The summed E-state index contributed by atoms with van der Waals surface area (Å²) >= 11 is 1.04. The molecule has 1 amide bonds.